The van der Waals surface area contributed by atoms with Crippen LogP contribution in [-0.4, -0.2) is 64.1 Å². The summed E-state index contributed by atoms with van der Waals surface area (Å²) in [5.74, 6) is 1.52. The van der Waals surface area contributed by atoms with Crippen LogP contribution in [0.25, 0.3) is 0 Å². The van der Waals surface area contributed by atoms with Gasteiger partial charge in [-0.05, 0) is 62.3 Å². The minimum absolute atomic E-state index is 0.0276. The average Bonchev–Trinajstić information content (AvgIpc) is 3.61. The average molecular weight is 508 g/mol. The Bertz CT molecular complexity index is 1070. The van der Waals surface area contributed by atoms with Crippen molar-refractivity contribution in [2.24, 2.45) is 11.8 Å². The van der Waals surface area contributed by atoms with Crippen LogP contribution >= 0.6 is 0 Å². The normalized spacial score (nSPS) is 17.7. The van der Waals surface area contributed by atoms with Gasteiger partial charge in [-0.25, -0.2) is 0 Å². The number of rotatable bonds is 7. The lowest BCUT2D eigenvalue weighted by molar-refractivity contribution is -0.119. The molecule has 1 aliphatic heterocycles. The molecule has 37 heavy (non-hydrogen) atoms. The predicted octanol–water partition coefficient (Wildman–Crippen LogP) is 5.16. The highest BCUT2D eigenvalue weighted by Gasteiger charge is 2.30. The van der Waals surface area contributed by atoms with Gasteiger partial charge in [0.05, 0.1) is 5.69 Å². The van der Waals surface area contributed by atoms with Gasteiger partial charge >= 0.3 is 0 Å². The van der Waals surface area contributed by atoms with E-state index in [1.54, 1.807) is 0 Å². The van der Waals surface area contributed by atoms with E-state index in [1.165, 1.54) is 0 Å². The molecule has 1 fully saturated rings. The number of anilines is 1. The number of para-hydroxylation sites is 1. The monoisotopic (exact) mass is 507 g/mol. The van der Waals surface area contributed by atoms with Gasteiger partial charge in [0.15, 0.2) is 0 Å². The van der Waals surface area contributed by atoms with E-state index in [4.69, 9.17) is 5.10 Å². The number of amides is 2. The smallest absolute Gasteiger partial charge is 0.272 e. The van der Waals surface area contributed by atoms with Crippen molar-refractivity contribution < 1.29 is 9.59 Å². The Balaban J connectivity index is 1.69. The molecule has 1 aliphatic carbocycles. The predicted molar refractivity (Wildman–Crippen MR) is 149 cm³/mol. The second-order valence-electron chi connectivity index (χ2n) is 11.6. The van der Waals surface area contributed by atoms with Gasteiger partial charge < -0.3 is 14.7 Å². The van der Waals surface area contributed by atoms with Crippen LogP contribution in [0.15, 0.2) is 30.3 Å². The van der Waals surface area contributed by atoms with Gasteiger partial charge in [0.25, 0.3) is 5.91 Å². The highest BCUT2D eigenvalue weighted by atomic mass is 16.2. The fraction of sp³-hybridized carbons (Fsp3) is 0.633. The zero-order valence-corrected chi connectivity index (χ0v) is 23.4. The summed E-state index contributed by atoms with van der Waals surface area (Å²) in [6.07, 6.45) is 3.75. The number of aryl methyl sites for hydroxylation is 1. The number of hydrogen-bond donors (Lipinski definition) is 0. The minimum Gasteiger partial charge on any atom is -0.332 e. The Morgan fingerprint density at radius 3 is 2.43 bits per heavy atom. The molecule has 7 nitrogen and oxygen atoms in total. The summed E-state index contributed by atoms with van der Waals surface area (Å²) in [4.78, 5) is 33.8. The third-order valence-electron chi connectivity index (χ3n) is 7.29. The number of hydrogen-bond acceptors (Lipinski definition) is 4. The van der Waals surface area contributed by atoms with Gasteiger partial charge in [0, 0.05) is 57.3 Å². The SMILES string of the molecule is CCn1nc(C2CC2)cc1C(=O)N1CCN(CC(C)C)CCCN(C(=O)CC(C)C)c2ccccc2C1. The summed E-state index contributed by atoms with van der Waals surface area (Å²) in [7, 11) is 0. The Kier molecular flexibility index (Phi) is 9.06. The van der Waals surface area contributed by atoms with Gasteiger partial charge in [-0.2, -0.15) is 5.10 Å². The first-order chi connectivity index (χ1) is 17.8. The molecule has 0 spiro atoms. The molecule has 2 amide bonds. The van der Waals surface area contributed by atoms with Gasteiger partial charge in [0.1, 0.15) is 5.69 Å². The zero-order chi connectivity index (χ0) is 26.5. The molecule has 0 atom stereocenters. The number of carbonyl (C=O) groups is 2. The van der Waals surface area contributed by atoms with Gasteiger partial charge in [-0.3, -0.25) is 14.3 Å². The maximum absolute atomic E-state index is 14.1. The molecule has 0 N–H and O–H groups in total. The second kappa shape index (κ2) is 12.2. The van der Waals surface area contributed by atoms with Crippen molar-refractivity contribution in [1.29, 1.82) is 0 Å². The van der Waals surface area contributed by atoms with Gasteiger partial charge in [-0.15, -0.1) is 0 Å². The fourth-order valence-electron chi connectivity index (χ4n) is 5.32. The molecule has 0 bridgehead atoms. The van der Waals surface area contributed by atoms with Crippen molar-refractivity contribution in [3.63, 3.8) is 0 Å². The van der Waals surface area contributed by atoms with Crippen LogP contribution in [0.3, 0.4) is 0 Å². The van der Waals surface area contributed by atoms with Crippen molar-refractivity contribution in [2.45, 2.75) is 79.3 Å². The summed E-state index contributed by atoms with van der Waals surface area (Å²) < 4.78 is 1.87. The standard InChI is InChI=1S/C30H45N5O2/c1-6-35-28(19-26(31-35)24-12-13-24)30(37)33-17-16-32(20-23(4)5)14-9-15-34(29(36)18-22(2)3)27-11-8-7-10-25(27)21-33/h7-8,10-11,19,22-24H,6,9,12-18,20-21H2,1-5H3. The highest BCUT2D eigenvalue weighted by Crippen LogP contribution is 2.39. The number of fused-ring (bicyclic) bond motifs is 1. The van der Waals surface area contributed by atoms with Crippen molar-refractivity contribution in [3.8, 4) is 0 Å². The van der Waals surface area contributed by atoms with Crippen LogP contribution in [-0.2, 0) is 17.9 Å². The van der Waals surface area contributed by atoms with Crippen molar-refractivity contribution in [2.75, 3.05) is 37.6 Å². The van der Waals surface area contributed by atoms with Crippen molar-refractivity contribution in [3.05, 3.63) is 47.3 Å². The van der Waals surface area contributed by atoms with E-state index in [9.17, 15) is 9.59 Å². The first-order valence-electron chi connectivity index (χ1n) is 14.2. The fourth-order valence-corrected chi connectivity index (χ4v) is 5.32. The molecule has 0 radical (unpaired) electrons. The summed E-state index contributed by atoms with van der Waals surface area (Å²) in [6, 6.07) is 10.1. The quantitative estimate of drug-likeness (QED) is 0.519. The molecule has 202 valence electrons. The van der Waals surface area contributed by atoms with Gasteiger partial charge in [0.2, 0.25) is 5.91 Å². The molecule has 1 aromatic carbocycles. The summed E-state index contributed by atoms with van der Waals surface area (Å²) in [5.41, 5.74) is 3.69. The molecule has 7 heteroatoms. The lowest BCUT2D eigenvalue weighted by atomic mass is 10.1. The van der Waals surface area contributed by atoms with Crippen molar-refractivity contribution >= 4 is 17.5 Å². The van der Waals surface area contributed by atoms with Crippen LogP contribution in [0.5, 0.6) is 0 Å². The van der Waals surface area contributed by atoms with E-state index in [2.05, 4.69) is 38.7 Å². The Morgan fingerprint density at radius 2 is 1.76 bits per heavy atom. The Morgan fingerprint density at radius 1 is 1.00 bits per heavy atom. The molecule has 1 saturated carbocycles. The molecule has 4 rings (SSSR count). The van der Waals surface area contributed by atoms with Crippen LogP contribution in [0.4, 0.5) is 5.69 Å². The first-order valence-corrected chi connectivity index (χ1v) is 14.2. The topological polar surface area (TPSA) is 61.7 Å². The molecule has 2 aliphatic rings. The minimum atomic E-state index is 0.0276. The van der Waals surface area contributed by atoms with Crippen LogP contribution < -0.4 is 4.90 Å². The number of aromatic nitrogens is 2. The van der Waals surface area contributed by atoms with E-state index >= 15 is 0 Å². The lowest BCUT2D eigenvalue weighted by Crippen LogP contribution is -2.40. The third-order valence-corrected chi connectivity index (χ3v) is 7.29. The third kappa shape index (κ3) is 7.01. The molecule has 1 aromatic heterocycles. The molecular weight excluding hydrogens is 462 g/mol. The second-order valence-corrected chi connectivity index (χ2v) is 11.6. The molecule has 0 saturated heterocycles. The summed E-state index contributed by atoms with van der Waals surface area (Å²) in [6.45, 7) is 15.9. The van der Waals surface area contributed by atoms with Crippen LogP contribution in [0.2, 0.25) is 0 Å². The highest BCUT2D eigenvalue weighted by molar-refractivity contribution is 5.95. The maximum Gasteiger partial charge on any atom is 0.272 e. The van der Waals surface area contributed by atoms with E-state index in [1.807, 2.05) is 45.7 Å². The number of nitrogens with zero attached hydrogens (tertiary/aromatic N) is 5. The van der Waals surface area contributed by atoms with Gasteiger partial charge in [-0.1, -0.05) is 45.9 Å². The molecular formula is C30H45N5O2. The first kappa shape index (κ1) is 27.4. The van der Waals surface area contributed by atoms with E-state index in [0.717, 1.165) is 55.8 Å². The summed E-state index contributed by atoms with van der Waals surface area (Å²) >= 11 is 0. The van der Waals surface area contributed by atoms with E-state index < -0.39 is 0 Å². The number of carbonyl (C=O) groups excluding carboxylic acids is 2. The Labute approximate surface area is 222 Å². The number of benzene rings is 1. The molecule has 2 heterocycles. The Hall–Kier alpha value is -2.67. The maximum atomic E-state index is 14.1. The molecule has 0 unspecified atom stereocenters. The van der Waals surface area contributed by atoms with Crippen LogP contribution in [0.1, 0.15) is 88.0 Å². The van der Waals surface area contributed by atoms with Crippen LogP contribution in [0, 0.1) is 11.8 Å². The molecule has 2 aromatic rings. The largest absolute Gasteiger partial charge is 0.332 e. The van der Waals surface area contributed by atoms with Crippen molar-refractivity contribution in [1.82, 2.24) is 19.6 Å². The zero-order valence-electron chi connectivity index (χ0n) is 23.4. The van der Waals surface area contributed by atoms with E-state index in [0.29, 0.717) is 56.0 Å². The van der Waals surface area contributed by atoms with E-state index in [-0.39, 0.29) is 11.8 Å². The summed E-state index contributed by atoms with van der Waals surface area (Å²) in [5, 5.41) is 4.76. The lowest BCUT2D eigenvalue weighted by Gasteiger charge is -2.29.